The first-order valence-electron chi connectivity index (χ1n) is 16.1. The summed E-state index contributed by atoms with van der Waals surface area (Å²) in [5.41, 5.74) is 12.7. The van der Waals surface area contributed by atoms with E-state index in [2.05, 4.69) is 16.6 Å². The van der Waals surface area contributed by atoms with E-state index in [0.717, 1.165) is 36.0 Å². The van der Waals surface area contributed by atoms with E-state index < -0.39 is 30.6 Å². The number of nitrogens with zero attached hydrogens (tertiary/aromatic N) is 3. The topological polar surface area (TPSA) is 85.7 Å². The van der Waals surface area contributed by atoms with Crippen molar-refractivity contribution < 1.29 is 18.9 Å². The minimum atomic E-state index is -0.531. The van der Waals surface area contributed by atoms with Gasteiger partial charge in [0.15, 0.2) is 6.29 Å². The molecular formula is C37H47N3O4. The number of ether oxygens (including phenoxy) is 4. The van der Waals surface area contributed by atoms with Crippen LogP contribution in [0.5, 0.6) is 0 Å². The number of rotatable bonds is 21. The second-order valence-corrected chi connectivity index (χ2v) is 11.4. The molecule has 0 N–H and O–H groups in total. The minimum absolute atomic E-state index is 0.346. The molecule has 7 nitrogen and oxygen atoms in total. The summed E-state index contributed by atoms with van der Waals surface area (Å²) >= 11 is 0. The third kappa shape index (κ3) is 11.2. The van der Waals surface area contributed by atoms with Gasteiger partial charge in [-0.2, -0.15) is 0 Å². The van der Waals surface area contributed by atoms with Gasteiger partial charge in [0.2, 0.25) is 0 Å². The van der Waals surface area contributed by atoms with Crippen molar-refractivity contribution in [2.24, 2.45) is 5.11 Å². The molecule has 3 aromatic rings. The Kier molecular flexibility index (Phi) is 15.0. The molecule has 7 heteroatoms. The summed E-state index contributed by atoms with van der Waals surface area (Å²) in [4.78, 5) is 3.27. The standard InChI is InChI=1S/C37H47N3O4/c1-2-3-4-5-6-7-8-9-19-26-33(39-40-38)35(41-27-30-20-13-10-14-21-30)36(42-28-31-22-15-11-16-23-31)34-29-43-37(44-34)32-24-17-12-18-25-32/h2,10-18,20-25,33-37H,1,3-9,19,26-29H2/t33-,34+,35+,36-,37?/m0/s1. The first-order valence-corrected chi connectivity index (χ1v) is 16.1. The third-order valence-corrected chi connectivity index (χ3v) is 8.03. The van der Waals surface area contributed by atoms with E-state index >= 15 is 0 Å². The Bertz CT molecular complexity index is 1240. The molecule has 4 rings (SSSR count). The number of unbranched alkanes of at least 4 members (excludes halogenated alkanes) is 7. The van der Waals surface area contributed by atoms with Gasteiger partial charge in [0, 0.05) is 10.5 Å². The van der Waals surface area contributed by atoms with Gasteiger partial charge in [-0.3, -0.25) is 0 Å². The average Bonchev–Trinajstić information content (AvgIpc) is 3.56. The van der Waals surface area contributed by atoms with Crippen LogP contribution in [0.15, 0.2) is 109 Å². The number of hydrogen-bond acceptors (Lipinski definition) is 5. The molecule has 1 aliphatic heterocycles. The van der Waals surface area contributed by atoms with Crippen LogP contribution in [0.3, 0.4) is 0 Å². The molecule has 0 radical (unpaired) electrons. The van der Waals surface area contributed by atoms with Crippen LogP contribution in [-0.2, 0) is 32.2 Å². The smallest absolute Gasteiger partial charge is 0.184 e. The van der Waals surface area contributed by atoms with E-state index in [1.807, 2.05) is 97.1 Å². The molecule has 234 valence electrons. The lowest BCUT2D eigenvalue weighted by Gasteiger charge is -2.34. The summed E-state index contributed by atoms with van der Waals surface area (Å²) in [5, 5.41) is 4.30. The highest BCUT2D eigenvalue weighted by atomic mass is 16.7. The molecule has 1 saturated heterocycles. The fourth-order valence-electron chi connectivity index (χ4n) is 5.63. The van der Waals surface area contributed by atoms with Crippen LogP contribution in [-0.4, -0.2) is 31.0 Å². The lowest BCUT2D eigenvalue weighted by Crippen LogP contribution is -2.48. The number of hydrogen-bond donors (Lipinski definition) is 0. The summed E-state index contributed by atoms with van der Waals surface area (Å²) in [6, 6.07) is 29.6. The maximum atomic E-state index is 9.66. The molecule has 0 bridgehead atoms. The van der Waals surface area contributed by atoms with Crippen molar-refractivity contribution >= 4 is 0 Å². The summed E-state index contributed by atoms with van der Waals surface area (Å²) in [7, 11) is 0. The second-order valence-electron chi connectivity index (χ2n) is 11.4. The van der Waals surface area contributed by atoms with Crippen LogP contribution < -0.4 is 0 Å². The Morgan fingerprint density at radius 3 is 1.98 bits per heavy atom. The summed E-state index contributed by atoms with van der Waals surface area (Å²) in [5.74, 6) is 0. The Morgan fingerprint density at radius 2 is 1.36 bits per heavy atom. The van der Waals surface area contributed by atoms with Crippen LogP contribution >= 0.6 is 0 Å². The quantitative estimate of drug-likeness (QED) is 0.0402. The van der Waals surface area contributed by atoms with Gasteiger partial charge in [-0.15, -0.1) is 6.58 Å². The van der Waals surface area contributed by atoms with Crippen molar-refractivity contribution in [1.82, 2.24) is 0 Å². The van der Waals surface area contributed by atoms with Crippen molar-refractivity contribution in [2.75, 3.05) is 6.61 Å². The highest BCUT2D eigenvalue weighted by Gasteiger charge is 2.42. The molecule has 1 aliphatic rings. The molecule has 44 heavy (non-hydrogen) atoms. The average molecular weight is 598 g/mol. The van der Waals surface area contributed by atoms with E-state index in [-0.39, 0.29) is 0 Å². The predicted octanol–water partition coefficient (Wildman–Crippen LogP) is 9.65. The van der Waals surface area contributed by atoms with Gasteiger partial charge in [0.1, 0.15) is 12.2 Å². The highest BCUT2D eigenvalue weighted by Crippen LogP contribution is 2.33. The molecule has 1 heterocycles. The van der Waals surface area contributed by atoms with Crippen molar-refractivity contribution in [2.45, 2.75) is 102 Å². The molecule has 5 atom stereocenters. The molecule has 3 aromatic carbocycles. The van der Waals surface area contributed by atoms with Gasteiger partial charge in [-0.25, -0.2) is 0 Å². The fourth-order valence-corrected chi connectivity index (χ4v) is 5.63. The van der Waals surface area contributed by atoms with E-state index in [4.69, 9.17) is 18.9 Å². The van der Waals surface area contributed by atoms with Crippen LogP contribution in [0.1, 0.15) is 80.8 Å². The Labute approximate surface area is 262 Å². The van der Waals surface area contributed by atoms with Crippen LogP contribution in [0.4, 0.5) is 0 Å². The van der Waals surface area contributed by atoms with Crippen LogP contribution in [0.2, 0.25) is 0 Å². The zero-order valence-electron chi connectivity index (χ0n) is 25.8. The van der Waals surface area contributed by atoms with Gasteiger partial charge < -0.3 is 18.9 Å². The maximum absolute atomic E-state index is 9.66. The predicted molar refractivity (Wildman–Crippen MR) is 175 cm³/mol. The Balaban J connectivity index is 1.50. The first kappa shape index (κ1) is 33.4. The van der Waals surface area contributed by atoms with Crippen LogP contribution in [0.25, 0.3) is 10.4 Å². The minimum Gasteiger partial charge on any atom is -0.370 e. The summed E-state index contributed by atoms with van der Waals surface area (Å²) < 4.78 is 25.9. The number of benzene rings is 3. The Morgan fingerprint density at radius 1 is 0.795 bits per heavy atom. The van der Waals surface area contributed by atoms with E-state index in [0.29, 0.717) is 26.2 Å². The largest absolute Gasteiger partial charge is 0.370 e. The molecule has 1 fully saturated rings. The second kappa shape index (κ2) is 19.8. The van der Waals surface area contributed by atoms with Gasteiger partial charge in [0.25, 0.3) is 0 Å². The van der Waals surface area contributed by atoms with Crippen molar-refractivity contribution in [3.63, 3.8) is 0 Å². The highest BCUT2D eigenvalue weighted by molar-refractivity contribution is 5.17. The molecule has 1 unspecified atom stereocenters. The van der Waals surface area contributed by atoms with Crippen molar-refractivity contribution in [3.8, 4) is 0 Å². The van der Waals surface area contributed by atoms with Gasteiger partial charge in [-0.05, 0) is 35.9 Å². The SMILES string of the molecule is C=CCCCCCCCCC[C@H](N=[N+]=[N-])[C@@H](OCc1ccccc1)[C@@H](OCc1ccccc1)[C@H]1COC(c2ccccc2)O1. The monoisotopic (exact) mass is 597 g/mol. The molecule has 0 spiro atoms. The number of azide groups is 1. The van der Waals surface area contributed by atoms with E-state index in [1.54, 1.807) is 0 Å². The zero-order valence-corrected chi connectivity index (χ0v) is 25.8. The van der Waals surface area contributed by atoms with Gasteiger partial charge in [-0.1, -0.05) is 141 Å². The van der Waals surface area contributed by atoms with E-state index in [1.165, 1.54) is 32.1 Å². The molecule has 0 aliphatic carbocycles. The van der Waals surface area contributed by atoms with Crippen molar-refractivity contribution in [3.05, 3.63) is 131 Å². The molecule has 0 amide bonds. The van der Waals surface area contributed by atoms with E-state index in [9.17, 15) is 5.53 Å². The van der Waals surface area contributed by atoms with Gasteiger partial charge in [0.05, 0.1) is 32.0 Å². The zero-order chi connectivity index (χ0) is 30.7. The first-order chi connectivity index (χ1) is 21.8. The van der Waals surface area contributed by atoms with Gasteiger partial charge >= 0.3 is 0 Å². The fraction of sp³-hybridized carbons (Fsp3) is 0.459. The maximum Gasteiger partial charge on any atom is 0.184 e. The lowest BCUT2D eigenvalue weighted by atomic mass is 9.95. The molecule has 0 aromatic heterocycles. The number of allylic oxidation sites excluding steroid dienone is 1. The van der Waals surface area contributed by atoms with Crippen molar-refractivity contribution in [1.29, 1.82) is 0 Å². The third-order valence-electron chi connectivity index (χ3n) is 8.03. The summed E-state index contributed by atoms with van der Waals surface area (Å²) in [6.45, 7) is 4.90. The normalized spacial score (nSPS) is 18.3. The molecule has 0 saturated carbocycles. The molecular weight excluding hydrogens is 550 g/mol. The van der Waals surface area contributed by atoms with Crippen LogP contribution in [0, 0.1) is 0 Å². The summed E-state index contributed by atoms with van der Waals surface area (Å²) in [6.07, 6.45) is 9.95. The Hall–Kier alpha value is -3.45. The lowest BCUT2D eigenvalue weighted by molar-refractivity contribution is -0.155.